The van der Waals surface area contributed by atoms with Crippen LogP contribution < -0.4 is 11.1 Å². The van der Waals surface area contributed by atoms with Crippen LogP contribution in [0.15, 0.2) is 16.8 Å². The molecule has 84 valence electrons. The maximum atomic E-state index is 11.7. The molecule has 2 unspecified atom stereocenters. The van der Waals surface area contributed by atoms with Crippen LogP contribution in [0.25, 0.3) is 0 Å². The Labute approximate surface area is 94.7 Å². The normalized spacial score (nSPS) is 14.6. The molecule has 1 amide bonds. The van der Waals surface area contributed by atoms with E-state index < -0.39 is 0 Å². The van der Waals surface area contributed by atoms with Crippen LogP contribution in [-0.4, -0.2) is 12.5 Å². The average molecular weight is 226 g/mol. The lowest BCUT2D eigenvalue weighted by atomic mass is 10.1. The molecular formula is C11H18N2OS. The van der Waals surface area contributed by atoms with Gasteiger partial charge in [-0.05, 0) is 35.7 Å². The first-order valence-corrected chi connectivity index (χ1v) is 6.15. The van der Waals surface area contributed by atoms with Gasteiger partial charge in [0.25, 0.3) is 0 Å². The van der Waals surface area contributed by atoms with Crippen LogP contribution in [0.1, 0.15) is 31.9 Å². The first kappa shape index (κ1) is 12.2. The second-order valence-corrected chi connectivity index (χ2v) is 4.41. The monoisotopic (exact) mass is 226 g/mol. The molecule has 0 radical (unpaired) electrons. The van der Waals surface area contributed by atoms with Crippen molar-refractivity contribution in [3.05, 3.63) is 22.4 Å². The van der Waals surface area contributed by atoms with Crippen LogP contribution in [0, 0.1) is 5.92 Å². The minimum Gasteiger partial charge on any atom is -0.349 e. The Morgan fingerprint density at radius 1 is 1.67 bits per heavy atom. The van der Waals surface area contributed by atoms with Gasteiger partial charge in [0.15, 0.2) is 0 Å². The zero-order valence-corrected chi connectivity index (χ0v) is 10.0. The third-order valence-corrected chi connectivity index (χ3v) is 3.25. The van der Waals surface area contributed by atoms with Crippen molar-refractivity contribution < 1.29 is 4.79 Å². The molecule has 15 heavy (non-hydrogen) atoms. The van der Waals surface area contributed by atoms with Gasteiger partial charge in [-0.15, -0.1) is 0 Å². The molecule has 0 saturated carbocycles. The van der Waals surface area contributed by atoms with Crippen LogP contribution in [0.2, 0.25) is 0 Å². The van der Waals surface area contributed by atoms with Gasteiger partial charge in [-0.1, -0.05) is 6.92 Å². The summed E-state index contributed by atoms with van der Waals surface area (Å²) in [4.78, 5) is 11.7. The summed E-state index contributed by atoms with van der Waals surface area (Å²) in [5.41, 5.74) is 6.67. The van der Waals surface area contributed by atoms with Gasteiger partial charge in [0, 0.05) is 12.5 Å². The van der Waals surface area contributed by atoms with Crippen molar-refractivity contribution in [3.63, 3.8) is 0 Å². The molecule has 1 aromatic rings. The predicted molar refractivity (Wildman–Crippen MR) is 63.7 cm³/mol. The van der Waals surface area contributed by atoms with Crippen molar-refractivity contribution in [2.75, 3.05) is 6.54 Å². The summed E-state index contributed by atoms with van der Waals surface area (Å²) in [5, 5.41) is 7.03. The fourth-order valence-corrected chi connectivity index (χ4v) is 2.15. The first-order chi connectivity index (χ1) is 7.19. The molecule has 0 aliphatic carbocycles. The lowest BCUT2D eigenvalue weighted by Crippen LogP contribution is -2.36. The molecule has 0 bridgehead atoms. The standard InChI is InChI=1S/C11H18N2OS/c1-3-9(6-12)11(14)13-8(2)10-4-5-15-7-10/h4-5,7-9H,3,6,12H2,1-2H3,(H,13,14). The number of hydrogen-bond donors (Lipinski definition) is 2. The summed E-state index contributed by atoms with van der Waals surface area (Å²) < 4.78 is 0. The van der Waals surface area contributed by atoms with Crippen molar-refractivity contribution in [1.29, 1.82) is 0 Å². The van der Waals surface area contributed by atoms with Crippen molar-refractivity contribution in [1.82, 2.24) is 5.32 Å². The maximum absolute atomic E-state index is 11.7. The predicted octanol–water partition coefficient (Wildman–Crippen LogP) is 1.91. The van der Waals surface area contributed by atoms with Crippen LogP contribution in [0.4, 0.5) is 0 Å². The summed E-state index contributed by atoms with van der Waals surface area (Å²) in [5.74, 6) is -0.00946. The molecule has 2 atom stereocenters. The quantitative estimate of drug-likeness (QED) is 0.806. The van der Waals surface area contributed by atoms with Gasteiger partial charge in [0.1, 0.15) is 0 Å². The van der Waals surface area contributed by atoms with Crippen LogP contribution in [0.5, 0.6) is 0 Å². The molecule has 0 aromatic carbocycles. The fourth-order valence-electron chi connectivity index (χ4n) is 1.40. The van der Waals surface area contributed by atoms with E-state index in [-0.39, 0.29) is 17.9 Å². The first-order valence-electron chi connectivity index (χ1n) is 5.21. The molecule has 1 heterocycles. The topological polar surface area (TPSA) is 55.1 Å². The maximum Gasteiger partial charge on any atom is 0.224 e. The number of amides is 1. The van der Waals surface area contributed by atoms with Crippen molar-refractivity contribution in [2.45, 2.75) is 26.3 Å². The number of carbonyl (C=O) groups excluding carboxylic acids is 1. The SMILES string of the molecule is CCC(CN)C(=O)NC(C)c1ccsc1. The summed E-state index contributed by atoms with van der Waals surface area (Å²) in [6.07, 6.45) is 0.790. The summed E-state index contributed by atoms with van der Waals surface area (Å²) in [7, 11) is 0. The fraction of sp³-hybridized carbons (Fsp3) is 0.545. The molecular weight excluding hydrogens is 208 g/mol. The van der Waals surface area contributed by atoms with E-state index in [1.165, 1.54) is 0 Å². The second-order valence-electron chi connectivity index (χ2n) is 3.63. The zero-order valence-electron chi connectivity index (χ0n) is 9.19. The van der Waals surface area contributed by atoms with Crippen LogP contribution in [0.3, 0.4) is 0 Å². The molecule has 0 aliphatic heterocycles. The Morgan fingerprint density at radius 3 is 2.87 bits per heavy atom. The van der Waals surface area contributed by atoms with Crippen molar-refractivity contribution in [3.8, 4) is 0 Å². The molecule has 4 heteroatoms. The van der Waals surface area contributed by atoms with Crippen LogP contribution in [-0.2, 0) is 4.79 Å². The Morgan fingerprint density at radius 2 is 2.40 bits per heavy atom. The number of nitrogens with two attached hydrogens (primary N) is 1. The summed E-state index contributed by atoms with van der Waals surface area (Å²) in [6.45, 7) is 4.38. The highest BCUT2D eigenvalue weighted by atomic mass is 32.1. The Hall–Kier alpha value is -0.870. The van der Waals surface area contributed by atoms with Gasteiger partial charge in [0.2, 0.25) is 5.91 Å². The lowest BCUT2D eigenvalue weighted by molar-refractivity contribution is -0.125. The van der Waals surface area contributed by atoms with E-state index >= 15 is 0 Å². The minimum atomic E-state index is -0.0638. The van der Waals surface area contributed by atoms with E-state index in [2.05, 4.69) is 5.32 Å². The molecule has 0 aliphatic rings. The molecule has 1 aromatic heterocycles. The van der Waals surface area contributed by atoms with Gasteiger partial charge in [-0.2, -0.15) is 11.3 Å². The van der Waals surface area contributed by atoms with E-state index in [9.17, 15) is 4.79 Å². The Kier molecular flexibility index (Phi) is 4.78. The highest BCUT2D eigenvalue weighted by molar-refractivity contribution is 7.07. The lowest BCUT2D eigenvalue weighted by Gasteiger charge is -2.17. The molecule has 0 fully saturated rings. The van der Waals surface area contributed by atoms with Crippen molar-refractivity contribution >= 4 is 17.2 Å². The molecule has 0 spiro atoms. The zero-order chi connectivity index (χ0) is 11.3. The Bertz CT molecular complexity index is 294. The van der Waals surface area contributed by atoms with E-state index in [0.717, 1.165) is 12.0 Å². The average Bonchev–Trinajstić information content (AvgIpc) is 2.72. The summed E-state index contributed by atoms with van der Waals surface area (Å²) >= 11 is 1.64. The highest BCUT2D eigenvalue weighted by Crippen LogP contribution is 2.16. The van der Waals surface area contributed by atoms with E-state index in [1.807, 2.05) is 30.7 Å². The second kappa shape index (κ2) is 5.88. The van der Waals surface area contributed by atoms with E-state index in [0.29, 0.717) is 6.54 Å². The summed E-state index contributed by atoms with van der Waals surface area (Å²) in [6, 6.07) is 2.10. The molecule has 1 rings (SSSR count). The minimum absolute atomic E-state index is 0.0544. The third-order valence-electron chi connectivity index (χ3n) is 2.55. The third kappa shape index (κ3) is 3.32. The number of carbonyl (C=O) groups is 1. The van der Waals surface area contributed by atoms with Gasteiger partial charge < -0.3 is 11.1 Å². The highest BCUT2D eigenvalue weighted by Gasteiger charge is 2.17. The molecule has 0 saturated heterocycles. The number of rotatable bonds is 5. The van der Waals surface area contributed by atoms with E-state index in [1.54, 1.807) is 11.3 Å². The van der Waals surface area contributed by atoms with E-state index in [4.69, 9.17) is 5.73 Å². The Balaban J connectivity index is 2.51. The smallest absolute Gasteiger partial charge is 0.224 e. The molecule has 3 N–H and O–H groups in total. The van der Waals surface area contributed by atoms with Gasteiger partial charge in [0.05, 0.1) is 6.04 Å². The van der Waals surface area contributed by atoms with Gasteiger partial charge in [-0.3, -0.25) is 4.79 Å². The number of hydrogen-bond acceptors (Lipinski definition) is 3. The number of thiophene rings is 1. The number of nitrogens with one attached hydrogen (secondary N) is 1. The van der Waals surface area contributed by atoms with Crippen molar-refractivity contribution in [2.24, 2.45) is 11.7 Å². The largest absolute Gasteiger partial charge is 0.349 e. The van der Waals surface area contributed by atoms with Gasteiger partial charge in [-0.25, -0.2) is 0 Å². The molecule has 3 nitrogen and oxygen atoms in total. The van der Waals surface area contributed by atoms with Crippen LogP contribution >= 0.6 is 11.3 Å². The van der Waals surface area contributed by atoms with Gasteiger partial charge >= 0.3 is 0 Å².